The minimum Gasteiger partial charge on any atom is -0.381 e. The van der Waals surface area contributed by atoms with Gasteiger partial charge in [0.1, 0.15) is 0 Å². The van der Waals surface area contributed by atoms with Crippen molar-refractivity contribution >= 4 is 17.8 Å². The molecule has 1 aromatic carbocycles. The molecule has 0 spiro atoms. The van der Waals surface area contributed by atoms with Crippen molar-refractivity contribution in [3.8, 4) is 0 Å². The van der Waals surface area contributed by atoms with Crippen molar-refractivity contribution in [3.63, 3.8) is 0 Å². The molecule has 0 unspecified atom stereocenters. The van der Waals surface area contributed by atoms with E-state index in [0.29, 0.717) is 13.1 Å². The summed E-state index contributed by atoms with van der Waals surface area (Å²) in [5.74, 6) is 0.0528. The summed E-state index contributed by atoms with van der Waals surface area (Å²) in [7, 11) is 1.80. The second kappa shape index (κ2) is 6.74. The van der Waals surface area contributed by atoms with Crippen LogP contribution in [0.3, 0.4) is 0 Å². The summed E-state index contributed by atoms with van der Waals surface area (Å²) in [6.45, 7) is 6.50. The van der Waals surface area contributed by atoms with E-state index in [1.807, 2.05) is 30.5 Å². The summed E-state index contributed by atoms with van der Waals surface area (Å²) in [6.07, 6.45) is 5.38. The summed E-state index contributed by atoms with van der Waals surface area (Å²) in [6, 6.07) is 7.99. The summed E-state index contributed by atoms with van der Waals surface area (Å²) in [5, 5.41) is 7.53. The number of hydrogen-bond donors (Lipinski definition) is 1. The molecule has 0 aliphatic heterocycles. The van der Waals surface area contributed by atoms with Gasteiger partial charge in [-0.1, -0.05) is 24.8 Å². The van der Waals surface area contributed by atoms with E-state index in [1.54, 1.807) is 35.9 Å². The molecule has 21 heavy (non-hydrogen) atoms. The highest BCUT2D eigenvalue weighted by molar-refractivity contribution is 5.73. The van der Waals surface area contributed by atoms with Crippen LogP contribution >= 0.6 is 0 Å². The molecular weight excluding hydrogens is 264 g/mol. The Balaban J connectivity index is 2.05. The van der Waals surface area contributed by atoms with Crippen molar-refractivity contribution in [2.24, 2.45) is 0 Å². The first-order valence-corrected chi connectivity index (χ1v) is 6.79. The van der Waals surface area contributed by atoms with E-state index in [2.05, 4.69) is 17.0 Å². The lowest BCUT2D eigenvalue weighted by molar-refractivity contribution is -0.128. The predicted molar refractivity (Wildman–Crippen MR) is 84.5 cm³/mol. The molecule has 0 saturated carbocycles. The highest BCUT2D eigenvalue weighted by atomic mass is 16.2. The third-order valence-corrected chi connectivity index (χ3v) is 3.29. The Kier molecular flexibility index (Phi) is 4.77. The Hall–Kier alpha value is -2.56. The fourth-order valence-corrected chi connectivity index (χ4v) is 1.96. The van der Waals surface area contributed by atoms with Crippen molar-refractivity contribution in [1.82, 2.24) is 14.7 Å². The quantitative estimate of drug-likeness (QED) is 0.887. The number of benzene rings is 1. The van der Waals surface area contributed by atoms with Crippen LogP contribution in [-0.2, 0) is 17.9 Å². The van der Waals surface area contributed by atoms with Crippen LogP contribution in [0.15, 0.2) is 43.2 Å². The first-order chi connectivity index (χ1) is 10.1. The van der Waals surface area contributed by atoms with Gasteiger partial charge in [0.05, 0.1) is 6.20 Å². The van der Waals surface area contributed by atoms with Crippen LogP contribution in [0.25, 0.3) is 6.20 Å². The number of hydrogen-bond acceptors (Lipinski definition) is 3. The zero-order valence-corrected chi connectivity index (χ0v) is 12.4. The third kappa shape index (κ3) is 3.95. The minimum absolute atomic E-state index is 0.0528. The first-order valence-electron chi connectivity index (χ1n) is 6.79. The molecule has 0 aliphatic carbocycles. The van der Waals surface area contributed by atoms with Crippen molar-refractivity contribution in [2.75, 3.05) is 12.4 Å². The van der Waals surface area contributed by atoms with E-state index >= 15 is 0 Å². The average molecular weight is 284 g/mol. The summed E-state index contributed by atoms with van der Waals surface area (Å²) < 4.78 is 1.67. The normalized spacial score (nSPS) is 10.2. The molecule has 2 aromatic rings. The molecule has 5 nitrogen and oxygen atoms in total. The maximum atomic E-state index is 11.4. The average Bonchev–Trinajstić information content (AvgIpc) is 2.94. The lowest BCUT2D eigenvalue weighted by atomic mass is 10.1. The van der Waals surface area contributed by atoms with Gasteiger partial charge in [-0.2, -0.15) is 5.10 Å². The monoisotopic (exact) mass is 284 g/mol. The molecule has 5 heteroatoms. The number of nitrogens with zero attached hydrogens (tertiary/aromatic N) is 3. The first kappa shape index (κ1) is 14.8. The molecule has 1 amide bonds. The molecule has 1 heterocycles. The fraction of sp³-hybridized carbons (Fsp3) is 0.250. The van der Waals surface area contributed by atoms with Gasteiger partial charge in [0.25, 0.3) is 0 Å². The number of anilines is 1. The number of aromatic nitrogens is 2. The van der Waals surface area contributed by atoms with Gasteiger partial charge in [-0.15, -0.1) is 0 Å². The van der Waals surface area contributed by atoms with E-state index in [4.69, 9.17) is 0 Å². The van der Waals surface area contributed by atoms with Crippen molar-refractivity contribution in [2.45, 2.75) is 20.0 Å². The van der Waals surface area contributed by atoms with E-state index in [9.17, 15) is 4.79 Å². The molecule has 0 atom stereocenters. The number of nitrogens with one attached hydrogen (secondary N) is 1. The molecule has 0 bridgehead atoms. The highest BCUT2D eigenvalue weighted by Crippen LogP contribution is 2.17. The zero-order chi connectivity index (χ0) is 15.2. The van der Waals surface area contributed by atoms with Gasteiger partial charge in [-0.3, -0.25) is 4.79 Å². The summed E-state index contributed by atoms with van der Waals surface area (Å²) in [4.78, 5) is 13.1. The molecule has 0 fully saturated rings. The molecule has 1 aromatic heterocycles. The Morgan fingerprint density at radius 2 is 2.24 bits per heavy atom. The molecule has 0 radical (unpaired) electrons. The van der Waals surface area contributed by atoms with Crippen LogP contribution in [0.5, 0.6) is 0 Å². The van der Waals surface area contributed by atoms with Gasteiger partial charge in [-0.25, -0.2) is 4.68 Å². The van der Waals surface area contributed by atoms with Crippen LogP contribution in [0.2, 0.25) is 0 Å². The number of rotatable bonds is 6. The van der Waals surface area contributed by atoms with Gasteiger partial charge in [0.15, 0.2) is 0 Å². The standard InChI is InChI=1S/C16H20N4O/c1-4-20-11-14(10-18-20)9-17-16-8-6-5-7-15(16)12-19(3)13(2)21/h4-8,10-11,17H,1,9,12H2,2-3H3. The maximum absolute atomic E-state index is 11.4. The maximum Gasteiger partial charge on any atom is 0.219 e. The zero-order valence-electron chi connectivity index (χ0n) is 12.4. The highest BCUT2D eigenvalue weighted by Gasteiger charge is 2.07. The Labute approximate surface area is 124 Å². The topological polar surface area (TPSA) is 50.2 Å². The molecule has 2 rings (SSSR count). The van der Waals surface area contributed by atoms with Gasteiger partial charge >= 0.3 is 0 Å². The lowest BCUT2D eigenvalue weighted by Gasteiger charge is -2.18. The van der Waals surface area contributed by atoms with E-state index in [-0.39, 0.29) is 5.91 Å². The molecular formula is C16H20N4O. The number of carbonyl (C=O) groups excluding carboxylic acids is 1. The summed E-state index contributed by atoms with van der Waals surface area (Å²) in [5.41, 5.74) is 3.19. The SMILES string of the molecule is C=Cn1cc(CNc2ccccc2CN(C)C(C)=O)cn1. The summed E-state index contributed by atoms with van der Waals surface area (Å²) >= 11 is 0. The number of para-hydroxylation sites is 1. The van der Waals surface area contributed by atoms with Gasteiger partial charge in [0, 0.05) is 50.7 Å². The second-order valence-electron chi connectivity index (χ2n) is 4.90. The Morgan fingerprint density at radius 3 is 2.90 bits per heavy atom. The van der Waals surface area contributed by atoms with Crippen LogP contribution in [0, 0.1) is 0 Å². The van der Waals surface area contributed by atoms with Crippen molar-refractivity contribution < 1.29 is 4.79 Å². The van der Waals surface area contributed by atoms with E-state index < -0.39 is 0 Å². The van der Waals surface area contributed by atoms with Crippen molar-refractivity contribution in [1.29, 1.82) is 0 Å². The molecule has 1 N–H and O–H groups in total. The van der Waals surface area contributed by atoms with E-state index in [0.717, 1.165) is 16.8 Å². The molecule has 0 saturated heterocycles. The predicted octanol–water partition coefficient (Wildman–Crippen LogP) is 2.57. The fourth-order valence-electron chi connectivity index (χ4n) is 1.96. The molecule has 0 aliphatic rings. The lowest BCUT2D eigenvalue weighted by Crippen LogP contribution is -2.23. The van der Waals surface area contributed by atoms with Gasteiger partial charge in [0.2, 0.25) is 5.91 Å². The van der Waals surface area contributed by atoms with Gasteiger partial charge < -0.3 is 10.2 Å². The van der Waals surface area contributed by atoms with Crippen LogP contribution in [0.1, 0.15) is 18.1 Å². The third-order valence-electron chi connectivity index (χ3n) is 3.29. The smallest absolute Gasteiger partial charge is 0.219 e. The number of amides is 1. The Morgan fingerprint density at radius 1 is 1.48 bits per heavy atom. The van der Waals surface area contributed by atoms with Crippen LogP contribution in [0.4, 0.5) is 5.69 Å². The van der Waals surface area contributed by atoms with Crippen LogP contribution in [-0.4, -0.2) is 27.6 Å². The minimum atomic E-state index is 0.0528. The van der Waals surface area contributed by atoms with Gasteiger partial charge in [-0.05, 0) is 11.6 Å². The number of carbonyl (C=O) groups is 1. The molecule has 110 valence electrons. The largest absolute Gasteiger partial charge is 0.381 e. The van der Waals surface area contributed by atoms with Crippen LogP contribution < -0.4 is 5.32 Å². The second-order valence-corrected chi connectivity index (χ2v) is 4.90. The Bertz CT molecular complexity index is 633. The van der Waals surface area contributed by atoms with E-state index in [1.165, 1.54) is 0 Å². The van der Waals surface area contributed by atoms with Crippen molar-refractivity contribution in [3.05, 3.63) is 54.4 Å².